The topological polar surface area (TPSA) is 89.4 Å². The summed E-state index contributed by atoms with van der Waals surface area (Å²) in [7, 11) is 1.71. The Morgan fingerprint density at radius 2 is 1.74 bits per heavy atom. The van der Waals surface area contributed by atoms with E-state index in [1.807, 2.05) is 30.3 Å². The van der Waals surface area contributed by atoms with Crippen molar-refractivity contribution in [1.82, 2.24) is 0 Å². The van der Waals surface area contributed by atoms with Gasteiger partial charge in [0.05, 0.1) is 32.3 Å². The van der Waals surface area contributed by atoms with Crippen LogP contribution < -0.4 is 14.6 Å². The third kappa shape index (κ3) is 3.71. The number of hydrogen-bond acceptors (Lipinski definition) is 4. The highest BCUT2D eigenvalue weighted by atomic mass is 16.5. The zero-order valence-corrected chi connectivity index (χ0v) is 19.4. The zero-order valence-electron chi connectivity index (χ0n) is 19.4. The van der Waals surface area contributed by atoms with E-state index in [2.05, 4.69) is 40.2 Å². The van der Waals surface area contributed by atoms with Gasteiger partial charge < -0.3 is 14.9 Å². The van der Waals surface area contributed by atoms with Crippen molar-refractivity contribution in [3.8, 4) is 28.1 Å². The molecule has 0 radical (unpaired) electrons. The zero-order chi connectivity index (χ0) is 23.8. The number of benzene rings is 3. The second kappa shape index (κ2) is 8.89. The maximum absolute atomic E-state index is 9.86. The highest BCUT2D eigenvalue weighted by Gasteiger charge is 2.28. The molecule has 1 aliphatic rings. The number of ether oxygens (including phenoxy) is 1. The number of aliphatic hydroxyl groups excluding tert-OH is 2. The summed E-state index contributed by atoms with van der Waals surface area (Å²) in [5.41, 5.74) is 6.88. The molecular weight excluding hydrogens is 426 g/mol. The first kappa shape index (κ1) is 22.1. The molecule has 34 heavy (non-hydrogen) atoms. The third-order valence-electron chi connectivity index (χ3n) is 6.52. The van der Waals surface area contributed by atoms with Crippen molar-refractivity contribution in [3.05, 3.63) is 77.4 Å². The lowest BCUT2D eigenvalue weighted by atomic mass is 9.90. The second-order valence-electron chi connectivity index (χ2n) is 8.63. The first-order valence-corrected chi connectivity index (χ1v) is 11.4. The molecule has 0 amide bonds. The fraction of sp³-hybridized carbons (Fsp3) is 0.214. The number of fused-ring (bicyclic) bond motifs is 4. The van der Waals surface area contributed by atoms with Gasteiger partial charge in [0.1, 0.15) is 11.4 Å². The van der Waals surface area contributed by atoms with Crippen molar-refractivity contribution < 1.29 is 19.5 Å². The van der Waals surface area contributed by atoms with Crippen molar-refractivity contribution in [1.29, 1.82) is 5.41 Å². The molecule has 4 aromatic rings. The summed E-state index contributed by atoms with van der Waals surface area (Å²) in [6, 6.07) is 20.5. The summed E-state index contributed by atoms with van der Waals surface area (Å²) in [4.78, 5) is 0. The van der Waals surface area contributed by atoms with Crippen LogP contribution in [0, 0.1) is 5.41 Å². The lowest BCUT2D eigenvalue weighted by Crippen LogP contribution is -2.43. The summed E-state index contributed by atoms with van der Waals surface area (Å²) in [6.45, 7) is 2.17. The number of aromatic nitrogens is 1. The maximum atomic E-state index is 9.86. The summed E-state index contributed by atoms with van der Waals surface area (Å²) in [6.07, 6.45) is 0.831. The van der Waals surface area contributed by atoms with E-state index in [1.165, 1.54) is 5.56 Å². The van der Waals surface area contributed by atoms with E-state index in [0.29, 0.717) is 17.0 Å². The van der Waals surface area contributed by atoms with E-state index in [1.54, 1.807) is 14.0 Å². The van der Waals surface area contributed by atoms with E-state index >= 15 is 0 Å². The molecule has 0 fully saturated rings. The number of methoxy groups -OCH3 is 1. The first-order chi connectivity index (χ1) is 16.5. The van der Waals surface area contributed by atoms with Crippen LogP contribution in [0.2, 0.25) is 0 Å². The van der Waals surface area contributed by atoms with Gasteiger partial charge in [-0.1, -0.05) is 30.3 Å². The average Bonchev–Trinajstić information content (AvgIpc) is 2.87. The minimum atomic E-state index is -0.153. The molecule has 6 heteroatoms. The Balaban J connectivity index is 1.81. The summed E-state index contributed by atoms with van der Waals surface area (Å²) < 4.78 is 7.97. The van der Waals surface area contributed by atoms with Gasteiger partial charge in [0.25, 0.3) is 5.82 Å². The first-order valence-electron chi connectivity index (χ1n) is 11.4. The Morgan fingerprint density at radius 1 is 1.00 bits per heavy atom. The molecule has 0 atom stereocenters. The van der Waals surface area contributed by atoms with E-state index in [9.17, 15) is 10.2 Å². The highest BCUT2D eigenvalue weighted by molar-refractivity contribution is 6.01. The molecule has 1 aliphatic heterocycles. The number of aliphatic hydroxyl groups is 2. The van der Waals surface area contributed by atoms with Gasteiger partial charge in [0, 0.05) is 24.5 Å². The van der Waals surface area contributed by atoms with Crippen LogP contribution in [-0.4, -0.2) is 23.2 Å². The predicted molar refractivity (Wildman–Crippen MR) is 134 cm³/mol. The number of pyridine rings is 1. The molecule has 3 aromatic carbocycles. The smallest absolute Gasteiger partial charge is 0.288 e. The molecule has 0 bridgehead atoms. The van der Waals surface area contributed by atoms with E-state index in [-0.39, 0.29) is 13.2 Å². The van der Waals surface area contributed by atoms with Gasteiger partial charge >= 0.3 is 0 Å². The molecule has 4 N–H and O–H groups in total. The average molecular weight is 455 g/mol. The monoisotopic (exact) mass is 454 g/mol. The van der Waals surface area contributed by atoms with Gasteiger partial charge in [0.15, 0.2) is 5.84 Å². The number of nitrogens with zero attached hydrogens (tertiary/aromatic N) is 1. The summed E-state index contributed by atoms with van der Waals surface area (Å²) >= 11 is 0. The van der Waals surface area contributed by atoms with Crippen molar-refractivity contribution in [2.75, 3.05) is 12.4 Å². The lowest BCUT2D eigenvalue weighted by Gasteiger charge is -2.23. The molecule has 0 saturated heterocycles. The van der Waals surface area contributed by atoms with Gasteiger partial charge in [-0.2, -0.15) is 0 Å². The van der Waals surface area contributed by atoms with E-state index in [0.717, 1.165) is 57.7 Å². The number of aryl methyl sites for hydroxylation is 1. The van der Waals surface area contributed by atoms with Gasteiger partial charge in [-0.05, 0) is 58.0 Å². The van der Waals surface area contributed by atoms with Gasteiger partial charge in [-0.25, -0.2) is 9.88 Å². The number of anilines is 1. The molecule has 2 heterocycles. The number of hydrogen-bond donors (Lipinski definition) is 4. The fourth-order valence-corrected chi connectivity index (χ4v) is 4.90. The van der Waals surface area contributed by atoms with Crippen LogP contribution in [0.1, 0.15) is 23.6 Å². The Kier molecular flexibility index (Phi) is 5.77. The van der Waals surface area contributed by atoms with E-state index in [4.69, 9.17) is 10.1 Å². The van der Waals surface area contributed by atoms with Crippen molar-refractivity contribution in [2.45, 2.75) is 33.1 Å². The number of nitrogens with one attached hydrogen (secondary N) is 2. The quantitative estimate of drug-likeness (QED) is 0.204. The largest absolute Gasteiger partial charge is 0.496 e. The summed E-state index contributed by atoms with van der Waals surface area (Å²) in [5, 5.41) is 32.9. The van der Waals surface area contributed by atoms with Crippen LogP contribution in [0.25, 0.3) is 33.2 Å². The molecule has 6 nitrogen and oxygen atoms in total. The minimum Gasteiger partial charge on any atom is -0.496 e. The van der Waals surface area contributed by atoms with Crippen molar-refractivity contribution in [3.63, 3.8) is 0 Å². The van der Waals surface area contributed by atoms with Crippen LogP contribution in [0.3, 0.4) is 0 Å². The third-order valence-corrected chi connectivity index (χ3v) is 6.52. The molecule has 0 unspecified atom stereocenters. The standard InChI is InChI=1S/C28H27N3O3/c1-17(29)30-28-25-11-22(16-33)21(15-32)10-20(25)12-26-23-14-24(18-6-4-3-5-7-18)27(34-2)13-19(23)8-9-31(26)28/h3-7,10-14,29,32-33H,8-9,15-16H2,1-2H3/p+1. The lowest BCUT2D eigenvalue weighted by molar-refractivity contribution is -0.672. The molecule has 0 aliphatic carbocycles. The van der Waals surface area contributed by atoms with Crippen molar-refractivity contribution >= 4 is 22.4 Å². The maximum Gasteiger partial charge on any atom is 0.288 e. The molecule has 5 rings (SSSR count). The molecule has 172 valence electrons. The molecule has 0 spiro atoms. The number of amidine groups is 1. The highest BCUT2D eigenvalue weighted by Crippen LogP contribution is 2.39. The molecule has 1 aromatic heterocycles. The fourth-order valence-electron chi connectivity index (χ4n) is 4.90. The van der Waals surface area contributed by atoms with Crippen LogP contribution in [-0.2, 0) is 26.2 Å². The SMILES string of the molecule is COc1cc2c(cc1-c1ccccc1)-c1cc3cc(CO)c(CO)cc3c(NC(C)=N)[n+]1CC2. The number of rotatable bonds is 5. The van der Waals surface area contributed by atoms with Gasteiger partial charge in [0.2, 0.25) is 0 Å². The van der Waals surface area contributed by atoms with Gasteiger partial charge in [-0.15, -0.1) is 0 Å². The normalized spacial score (nSPS) is 12.2. The van der Waals surface area contributed by atoms with Crippen LogP contribution in [0.15, 0.2) is 60.7 Å². The van der Waals surface area contributed by atoms with Crippen LogP contribution >= 0.6 is 0 Å². The van der Waals surface area contributed by atoms with Gasteiger partial charge in [-0.3, -0.25) is 5.41 Å². The Morgan fingerprint density at radius 3 is 2.41 bits per heavy atom. The minimum absolute atomic E-state index is 0.144. The van der Waals surface area contributed by atoms with Crippen LogP contribution in [0.4, 0.5) is 5.82 Å². The Bertz CT molecular complexity index is 1410. The predicted octanol–water partition coefficient (Wildman–Crippen LogP) is 4.42. The Hall–Kier alpha value is -3.74. The molecule has 0 saturated carbocycles. The van der Waals surface area contributed by atoms with Crippen LogP contribution in [0.5, 0.6) is 5.75 Å². The Labute approximate surface area is 198 Å². The second-order valence-corrected chi connectivity index (χ2v) is 8.63. The summed E-state index contributed by atoms with van der Waals surface area (Å²) in [5.74, 6) is 2.01. The molecular formula is C28H28N3O3+. The van der Waals surface area contributed by atoms with Crippen molar-refractivity contribution in [2.24, 2.45) is 0 Å². The van der Waals surface area contributed by atoms with E-state index < -0.39 is 0 Å².